The van der Waals surface area contributed by atoms with Gasteiger partial charge >= 0.3 is 0 Å². The normalized spacial score (nSPS) is 22.9. The van der Waals surface area contributed by atoms with Crippen molar-refractivity contribution in [1.82, 2.24) is 9.88 Å². The molecule has 1 aromatic rings. The highest BCUT2D eigenvalue weighted by Crippen LogP contribution is 2.24. The second-order valence-corrected chi connectivity index (χ2v) is 5.66. The Hall–Kier alpha value is -1.00. The summed E-state index contributed by atoms with van der Waals surface area (Å²) in [6, 6.07) is 2.72. The molecular weight excluding hydrogens is 274 g/mol. The van der Waals surface area contributed by atoms with Crippen LogP contribution in [0.4, 0.5) is 5.69 Å². The van der Waals surface area contributed by atoms with Crippen LogP contribution in [0.25, 0.3) is 0 Å². The van der Waals surface area contributed by atoms with Gasteiger partial charge in [-0.25, -0.2) is 0 Å². The van der Waals surface area contributed by atoms with Crippen molar-refractivity contribution in [1.29, 1.82) is 0 Å². The topological polar surface area (TPSA) is 28.6 Å². The predicted molar refractivity (Wildman–Crippen MR) is 84.1 cm³/mol. The maximum Gasteiger partial charge on any atom is 0.139 e. The highest BCUT2D eigenvalue weighted by atomic mass is 35.5. The van der Waals surface area contributed by atoms with Gasteiger partial charge in [0.15, 0.2) is 0 Å². The fourth-order valence-electron chi connectivity index (χ4n) is 2.78. The van der Waals surface area contributed by atoms with Crippen LogP contribution >= 0.6 is 12.4 Å². The van der Waals surface area contributed by atoms with Crippen LogP contribution in [0.3, 0.4) is 0 Å². The predicted octanol–water partition coefficient (Wildman–Crippen LogP) is 2.58. The molecule has 2 aliphatic rings. The van der Waals surface area contributed by atoms with Crippen LogP contribution in [0.2, 0.25) is 0 Å². The van der Waals surface area contributed by atoms with Crippen molar-refractivity contribution in [2.75, 3.05) is 38.2 Å². The third kappa shape index (κ3) is 3.55. The van der Waals surface area contributed by atoms with Gasteiger partial charge in [-0.15, -0.1) is 12.4 Å². The highest BCUT2D eigenvalue weighted by molar-refractivity contribution is 5.85. The molecule has 3 rings (SSSR count). The highest BCUT2D eigenvalue weighted by Gasteiger charge is 2.24. The van der Waals surface area contributed by atoms with Crippen LogP contribution < -0.4 is 9.64 Å². The van der Waals surface area contributed by atoms with E-state index in [9.17, 15) is 0 Å². The molecule has 0 N–H and O–H groups in total. The lowest BCUT2D eigenvalue weighted by molar-refractivity contribution is 0.0767. The Morgan fingerprint density at radius 1 is 1.20 bits per heavy atom. The Balaban J connectivity index is 0.00000147. The third-order valence-electron chi connectivity index (χ3n) is 4.30. The fourth-order valence-corrected chi connectivity index (χ4v) is 2.78. The number of hydrogen-bond acceptors (Lipinski definition) is 4. The minimum absolute atomic E-state index is 0. The zero-order chi connectivity index (χ0) is 13.1. The Morgan fingerprint density at radius 3 is 2.65 bits per heavy atom. The van der Waals surface area contributed by atoms with E-state index >= 15 is 0 Å². The van der Waals surface area contributed by atoms with Crippen LogP contribution in [0.1, 0.15) is 25.7 Å². The van der Waals surface area contributed by atoms with Gasteiger partial charge < -0.3 is 9.64 Å². The van der Waals surface area contributed by atoms with E-state index in [-0.39, 0.29) is 12.4 Å². The molecule has 0 aromatic carbocycles. The zero-order valence-corrected chi connectivity index (χ0v) is 12.9. The Kier molecular flexibility index (Phi) is 5.49. The fraction of sp³-hybridized carbons (Fsp3) is 0.667. The van der Waals surface area contributed by atoms with Gasteiger partial charge in [0.05, 0.1) is 18.1 Å². The number of hydrogen-bond donors (Lipinski definition) is 0. The summed E-state index contributed by atoms with van der Waals surface area (Å²) in [4.78, 5) is 9.07. The Labute approximate surface area is 127 Å². The molecule has 0 radical (unpaired) electrons. The van der Waals surface area contributed by atoms with Crippen molar-refractivity contribution in [3.8, 4) is 5.75 Å². The largest absolute Gasteiger partial charge is 0.490 e. The van der Waals surface area contributed by atoms with Crippen molar-refractivity contribution in [3.63, 3.8) is 0 Å². The summed E-state index contributed by atoms with van der Waals surface area (Å²) in [5, 5.41) is 0. The first-order valence-corrected chi connectivity index (χ1v) is 7.36. The lowest BCUT2D eigenvalue weighted by Gasteiger charge is -2.37. The lowest BCUT2D eigenvalue weighted by Crippen LogP contribution is -2.48. The smallest absolute Gasteiger partial charge is 0.139 e. The molecule has 0 bridgehead atoms. The van der Waals surface area contributed by atoms with E-state index in [2.05, 4.69) is 27.9 Å². The zero-order valence-electron chi connectivity index (χ0n) is 12.1. The summed E-state index contributed by atoms with van der Waals surface area (Å²) >= 11 is 0. The number of nitrogens with zero attached hydrogens (tertiary/aromatic N) is 3. The number of rotatable bonds is 4. The SMILES string of the molecule is CN1CC[C@H]1COc1cncc(N2CCCCC2)c1.Cl. The molecule has 2 aliphatic heterocycles. The average Bonchev–Trinajstić information content (AvgIpc) is 2.47. The monoisotopic (exact) mass is 297 g/mol. The molecule has 4 nitrogen and oxygen atoms in total. The van der Waals surface area contributed by atoms with E-state index in [4.69, 9.17) is 4.74 Å². The van der Waals surface area contributed by atoms with E-state index in [0.29, 0.717) is 6.04 Å². The average molecular weight is 298 g/mol. The van der Waals surface area contributed by atoms with E-state index in [1.807, 2.05) is 12.4 Å². The molecule has 0 saturated carbocycles. The molecule has 3 heterocycles. The second kappa shape index (κ2) is 7.14. The molecule has 1 aromatic heterocycles. The van der Waals surface area contributed by atoms with E-state index in [1.165, 1.54) is 37.9 Å². The quantitative estimate of drug-likeness (QED) is 0.854. The number of pyridine rings is 1. The van der Waals surface area contributed by atoms with Crippen LogP contribution in [-0.2, 0) is 0 Å². The molecule has 1 atom stereocenters. The van der Waals surface area contributed by atoms with Gasteiger partial charge in [0.25, 0.3) is 0 Å². The summed E-state index contributed by atoms with van der Waals surface area (Å²) in [5.41, 5.74) is 1.21. The molecule has 0 spiro atoms. The summed E-state index contributed by atoms with van der Waals surface area (Å²) < 4.78 is 5.88. The summed E-state index contributed by atoms with van der Waals surface area (Å²) in [5.74, 6) is 0.906. The Bertz CT molecular complexity index is 423. The van der Waals surface area contributed by atoms with Crippen LogP contribution in [0, 0.1) is 0 Å². The molecule has 5 heteroatoms. The van der Waals surface area contributed by atoms with E-state index < -0.39 is 0 Å². The first-order valence-electron chi connectivity index (χ1n) is 7.36. The standard InChI is InChI=1S/C15H23N3O.ClH/c1-17-8-5-13(17)12-19-15-9-14(10-16-11-15)18-6-3-2-4-7-18;/h9-11,13H,2-8,12H2,1H3;1H/t13-;/m0./s1. The van der Waals surface area contributed by atoms with E-state index in [1.54, 1.807) is 0 Å². The van der Waals surface area contributed by atoms with Gasteiger partial charge in [-0.1, -0.05) is 0 Å². The number of anilines is 1. The molecule has 0 amide bonds. The first-order chi connectivity index (χ1) is 9.33. The van der Waals surface area contributed by atoms with Crippen LogP contribution in [-0.4, -0.2) is 49.2 Å². The number of ether oxygens (including phenoxy) is 1. The van der Waals surface area contributed by atoms with Gasteiger partial charge in [0, 0.05) is 25.2 Å². The molecule has 2 saturated heterocycles. The molecule has 0 aliphatic carbocycles. The van der Waals surface area contributed by atoms with Gasteiger partial charge in [-0.2, -0.15) is 0 Å². The van der Waals surface area contributed by atoms with Crippen LogP contribution in [0.5, 0.6) is 5.75 Å². The van der Waals surface area contributed by atoms with Gasteiger partial charge in [-0.05, 0) is 39.3 Å². The first kappa shape index (κ1) is 15.4. The van der Waals surface area contributed by atoms with Crippen LogP contribution in [0.15, 0.2) is 18.5 Å². The van der Waals surface area contributed by atoms with Gasteiger partial charge in [0.2, 0.25) is 0 Å². The molecule has 2 fully saturated rings. The van der Waals surface area contributed by atoms with Gasteiger partial charge in [-0.3, -0.25) is 9.88 Å². The number of likely N-dealkylation sites (tertiary alicyclic amines) is 1. The van der Waals surface area contributed by atoms with Crippen molar-refractivity contribution >= 4 is 18.1 Å². The van der Waals surface area contributed by atoms with Crippen molar-refractivity contribution in [3.05, 3.63) is 18.5 Å². The van der Waals surface area contributed by atoms with Crippen molar-refractivity contribution < 1.29 is 4.74 Å². The minimum atomic E-state index is 0. The summed E-state index contributed by atoms with van der Waals surface area (Å²) in [6.07, 6.45) is 8.96. The van der Waals surface area contributed by atoms with Gasteiger partial charge in [0.1, 0.15) is 12.4 Å². The summed E-state index contributed by atoms with van der Waals surface area (Å²) in [6.45, 7) is 4.27. The second-order valence-electron chi connectivity index (χ2n) is 5.66. The maximum absolute atomic E-state index is 5.88. The molecule has 0 unspecified atom stereocenters. The third-order valence-corrected chi connectivity index (χ3v) is 4.30. The molecular formula is C15H24ClN3O. The molecule has 112 valence electrons. The minimum Gasteiger partial charge on any atom is -0.490 e. The summed E-state index contributed by atoms with van der Waals surface area (Å²) in [7, 11) is 2.15. The number of halogens is 1. The van der Waals surface area contributed by atoms with Crippen molar-refractivity contribution in [2.24, 2.45) is 0 Å². The lowest BCUT2D eigenvalue weighted by atomic mass is 10.1. The number of piperidine rings is 1. The van der Waals surface area contributed by atoms with E-state index in [0.717, 1.165) is 25.4 Å². The maximum atomic E-state index is 5.88. The number of likely N-dealkylation sites (N-methyl/N-ethyl adjacent to an activating group) is 1. The number of aromatic nitrogens is 1. The van der Waals surface area contributed by atoms with Crippen molar-refractivity contribution in [2.45, 2.75) is 31.7 Å². The Morgan fingerprint density at radius 2 is 2.00 bits per heavy atom. The molecule has 20 heavy (non-hydrogen) atoms.